The van der Waals surface area contributed by atoms with Crippen molar-refractivity contribution in [1.29, 1.82) is 0 Å². The molecule has 3 nitrogen and oxygen atoms in total. The minimum Gasteiger partial charge on any atom is -0.361 e. The second-order valence-electron chi connectivity index (χ2n) is 6.37. The Morgan fingerprint density at radius 3 is 2.23 bits per heavy atom. The molecule has 0 radical (unpaired) electrons. The molecule has 1 N–H and O–H groups in total. The number of amides is 1. The summed E-state index contributed by atoms with van der Waals surface area (Å²) >= 11 is 0. The molecule has 1 amide bonds. The van der Waals surface area contributed by atoms with Crippen molar-refractivity contribution in [2.45, 2.75) is 85.0 Å². The predicted molar refractivity (Wildman–Crippen MR) is 94.8 cm³/mol. The van der Waals surface area contributed by atoms with Gasteiger partial charge in [-0.2, -0.15) is 0 Å². The van der Waals surface area contributed by atoms with Gasteiger partial charge in [-0.15, -0.1) is 0 Å². The van der Waals surface area contributed by atoms with Crippen molar-refractivity contribution in [3.63, 3.8) is 0 Å². The molecule has 3 heteroatoms. The summed E-state index contributed by atoms with van der Waals surface area (Å²) in [5.74, 6) is 0.508. The first kappa shape index (κ1) is 21.2. The third-order valence-electron chi connectivity index (χ3n) is 4.01. The lowest BCUT2D eigenvalue weighted by atomic mass is 9.96. The number of carbonyl (C=O) groups is 1. The summed E-state index contributed by atoms with van der Waals surface area (Å²) in [5.41, 5.74) is 0.526. The summed E-state index contributed by atoms with van der Waals surface area (Å²) in [5, 5.41) is 2.72. The monoisotopic (exact) mass is 311 g/mol. The summed E-state index contributed by atoms with van der Waals surface area (Å²) in [6.07, 6.45) is 13.0. The largest absolute Gasteiger partial charge is 0.361 e. The van der Waals surface area contributed by atoms with Crippen molar-refractivity contribution >= 4 is 5.91 Å². The second-order valence-corrected chi connectivity index (χ2v) is 6.37. The molecule has 0 aliphatic heterocycles. The van der Waals surface area contributed by atoms with Crippen molar-refractivity contribution in [1.82, 2.24) is 5.32 Å². The maximum absolute atomic E-state index is 11.4. The molecule has 0 aromatic carbocycles. The molecule has 22 heavy (non-hydrogen) atoms. The van der Waals surface area contributed by atoms with Gasteiger partial charge in [-0.05, 0) is 25.7 Å². The van der Waals surface area contributed by atoms with Gasteiger partial charge in [0.15, 0.2) is 0 Å². The number of rotatable bonds is 15. The fraction of sp³-hybridized carbons (Fsp3) is 0.842. The van der Waals surface area contributed by atoms with Gasteiger partial charge in [0.1, 0.15) is 6.73 Å². The van der Waals surface area contributed by atoms with Gasteiger partial charge in [-0.3, -0.25) is 4.79 Å². The molecule has 0 aromatic rings. The van der Waals surface area contributed by atoms with Crippen LogP contribution in [0.3, 0.4) is 0 Å². The van der Waals surface area contributed by atoms with Gasteiger partial charge in [-0.25, -0.2) is 0 Å². The normalized spacial score (nSPS) is 12.1. The van der Waals surface area contributed by atoms with Crippen LogP contribution in [-0.4, -0.2) is 19.2 Å². The van der Waals surface area contributed by atoms with Crippen LogP contribution >= 0.6 is 0 Å². The maximum atomic E-state index is 11.4. The molecule has 0 aromatic heterocycles. The highest BCUT2D eigenvalue weighted by atomic mass is 16.5. The van der Waals surface area contributed by atoms with E-state index in [2.05, 4.69) is 25.7 Å². The van der Waals surface area contributed by atoms with Crippen molar-refractivity contribution < 1.29 is 9.53 Å². The lowest BCUT2D eigenvalue weighted by molar-refractivity contribution is -0.119. The lowest BCUT2D eigenvalue weighted by Crippen LogP contribution is -2.27. The number of carbonyl (C=O) groups excluding carboxylic acids is 1. The van der Waals surface area contributed by atoms with E-state index in [0.717, 1.165) is 6.61 Å². The third kappa shape index (κ3) is 12.9. The van der Waals surface area contributed by atoms with Crippen molar-refractivity contribution in [2.75, 3.05) is 13.3 Å². The Bertz CT molecular complexity index is 289. The minimum atomic E-state index is -0.124. The van der Waals surface area contributed by atoms with Crippen molar-refractivity contribution in [3.05, 3.63) is 12.2 Å². The molecule has 1 unspecified atom stereocenters. The molecule has 0 aliphatic carbocycles. The molecule has 0 saturated heterocycles. The summed E-state index contributed by atoms with van der Waals surface area (Å²) in [4.78, 5) is 11.4. The fourth-order valence-corrected chi connectivity index (χ4v) is 2.51. The van der Waals surface area contributed by atoms with Gasteiger partial charge < -0.3 is 10.1 Å². The molecular weight excluding hydrogens is 274 g/mol. The molecule has 0 aliphatic rings. The van der Waals surface area contributed by atoms with Crippen molar-refractivity contribution in [2.24, 2.45) is 5.92 Å². The molecule has 0 heterocycles. The molecule has 0 spiro atoms. The summed E-state index contributed by atoms with van der Waals surface area (Å²) in [7, 11) is 0. The highest BCUT2D eigenvalue weighted by Crippen LogP contribution is 2.18. The van der Waals surface area contributed by atoms with Gasteiger partial charge in [-0.1, -0.05) is 71.8 Å². The first-order valence-electron chi connectivity index (χ1n) is 9.13. The van der Waals surface area contributed by atoms with Gasteiger partial charge in [0, 0.05) is 5.57 Å². The zero-order valence-electron chi connectivity index (χ0n) is 15.1. The van der Waals surface area contributed by atoms with Crippen LogP contribution in [0.1, 0.15) is 85.0 Å². The Labute approximate surface area is 137 Å². The average Bonchev–Trinajstić information content (AvgIpc) is 2.51. The number of ether oxygens (including phenoxy) is 1. The fourth-order valence-electron chi connectivity index (χ4n) is 2.51. The molecule has 0 fully saturated rings. The van der Waals surface area contributed by atoms with Crippen LogP contribution < -0.4 is 5.32 Å². The molecule has 1 atom stereocenters. The smallest absolute Gasteiger partial charge is 0.248 e. The van der Waals surface area contributed by atoms with Gasteiger partial charge in [0.05, 0.1) is 6.61 Å². The molecule has 0 bridgehead atoms. The highest BCUT2D eigenvalue weighted by molar-refractivity contribution is 5.91. The van der Waals surface area contributed by atoms with E-state index in [1.807, 2.05) is 0 Å². The second kappa shape index (κ2) is 15.1. The quantitative estimate of drug-likeness (QED) is 0.256. The Hall–Kier alpha value is -0.830. The van der Waals surface area contributed by atoms with Crippen molar-refractivity contribution in [3.8, 4) is 0 Å². The Morgan fingerprint density at radius 2 is 1.59 bits per heavy atom. The average molecular weight is 312 g/mol. The van der Waals surface area contributed by atoms with E-state index in [9.17, 15) is 4.79 Å². The number of nitrogens with one attached hydrogen (secondary N) is 1. The Morgan fingerprint density at radius 1 is 1.00 bits per heavy atom. The van der Waals surface area contributed by atoms with Crippen LogP contribution in [0.4, 0.5) is 0 Å². The first-order chi connectivity index (χ1) is 10.6. The minimum absolute atomic E-state index is 0.124. The van der Waals surface area contributed by atoms with Gasteiger partial charge in [0.2, 0.25) is 5.91 Å². The molecule has 130 valence electrons. The number of hydrogen-bond donors (Lipinski definition) is 1. The summed E-state index contributed by atoms with van der Waals surface area (Å²) < 4.78 is 5.64. The van der Waals surface area contributed by atoms with Crippen LogP contribution in [0.5, 0.6) is 0 Å². The topological polar surface area (TPSA) is 38.3 Å². The van der Waals surface area contributed by atoms with E-state index in [4.69, 9.17) is 4.74 Å². The first-order valence-corrected chi connectivity index (χ1v) is 9.13. The number of hydrogen-bond acceptors (Lipinski definition) is 2. The third-order valence-corrected chi connectivity index (χ3v) is 4.01. The van der Waals surface area contributed by atoms with Crippen LogP contribution in [0.2, 0.25) is 0 Å². The molecule has 0 saturated carbocycles. The van der Waals surface area contributed by atoms with E-state index in [-0.39, 0.29) is 5.91 Å². The summed E-state index contributed by atoms with van der Waals surface area (Å²) in [6.45, 7) is 10.9. The van der Waals surface area contributed by atoms with Crippen LogP contribution in [0.25, 0.3) is 0 Å². The van der Waals surface area contributed by atoms with Crippen LogP contribution in [0.15, 0.2) is 12.2 Å². The Balaban J connectivity index is 3.77. The summed E-state index contributed by atoms with van der Waals surface area (Å²) in [6, 6.07) is 0. The maximum Gasteiger partial charge on any atom is 0.248 e. The molecule has 0 rings (SSSR count). The zero-order valence-corrected chi connectivity index (χ0v) is 15.1. The molecular formula is C19H37NO2. The highest BCUT2D eigenvalue weighted by Gasteiger charge is 2.09. The lowest BCUT2D eigenvalue weighted by Gasteiger charge is -2.17. The Kier molecular flexibility index (Phi) is 14.5. The SMILES string of the molecule is C=C(C)C(=O)NCOCC(CCCC)CCCCCCCC. The number of unbranched alkanes of at least 4 members (excludes halogenated alkanes) is 6. The zero-order chi connectivity index (χ0) is 16.6. The van der Waals surface area contributed by atoms with Crippen LogP contribution in [0, 0.1) is 5.92 Å². The van der Waals surface area contributed by atoms with Gasteiger partial charge in [0.25, 0.3) is 0 Å². The van der Waals surface area contributed by atoms with E-state index in [1.54, 1.807) is 6.92 Å². The van der Waals surface area contributed by atoms with E-state index >= 15 is 0 Å². The standard InChI is InChI=1S/C19H37NO2/c1-5-7-9-10-11-12-14-18(13-8-6-2)15-22-16-20-19(21)17(3)4/h18H,3,5-16H2,1-2,4H3,(H,20,21). The van der Waals surface area contributed by atoms with E-state index in [1.165, 1.54) is 64.2 Å². The van der Waals surface area contributed by atoms with Gasteiger partial charge >= 0.3 is 0 Å². The van der Waals surface area contributed by atoms with Crippen LogP contribution in [-0.2, 0) is 9.53 Å². The van der Waals surface area contributed by atoms with E-state index < -0.39 is 0 Å². The van der Waals surface area contributed by atoms with E-state index in [0.29, 0.717) is 18.2 Å². The predicted octanol–water partition coefficient (Wildman–Crippen LogP) is 5.21.